The number of carbonyl (C=O) groups is 1. The average molecular weight is 459 g/mol. The SMILES string of the molecule is CC(C)N1NCc2c(C(=O)N(C)Cc3ccccc3)cc(-c3cccc(CNCCN)c3)nc21. The molecule has 0 spiro atoms. The summed E-state index contributed by atoms with van der Waals surface area (Å²) >= 11 is 0. The molecule has 1 aliphatic heterocycles. The Bertz CT molecular complexity index is 1130. The van der Waals surface area contributed by atoms with Crippen LogP contribution in [0.3, 0.4) is 0 Å². The van der Waals surface area contributed by atoms with Gasteiger partial charge in [0.05, 0.1) is 5.69 Å². The molecule has 4 rings (SSSR count). The molecule has 0 unspecified atom stereocenters. The Morgan fingerprint density at radius 3 is 2.65 bits per heavy atom. The summed E-state index contributed by atoms with van der Waals surface area (Å²) < 4.78 is 0. The third kappa shape index (κ3) is 5.28. The molecular formula is C27H34N6O. The molecule has 1 aliphatic rings. The van der Waals surface area contributed by atoms with E-state index in [0.717, 1.165) is 46.9 Å². The maximum absolute atomic E-state index is 13.6. The lowest BCUT2D eigenvalue weighted by Crippen LogP contribution is -2.38. The Kier molecular flexibility index (Phi) is 7.57. The van der Waals surface area contributed by atoms with E-state index < -0.39 is 0 Å². The zero-order valence-corrected chi connectivity index (χ0v) is 20.2. The maximum Gasteiger partial charge on any atom is 0.254 e. The second-order valence-corrected chi connectivity index (χ2v) is 8.97. The second-order valence-electron chi connectivity index (χ2n) is 8.97. The van der Waals surface area contributed by atoms with Gasteiger partial charge in [0.2, 0.25) is 0 Å². The van der Waals surface area contributed by atoms with E-state index in [-0.39, 0.29) is 11.9 Å². The predicted molar refractivity (Wildman–Crippen MR) is 137 cm³/mol. The van der Waals surface area contributed by atoms with Crippen molar-refractivity contribution in [2.45, 2.75) is 39.5 Å². The van der Waals surface area contributed by atoms with Gasteiger partial charge in [0.15, 0.2) is 0 Å². The van der Waals surface area contributed by atoms with Crippen LogP contribution in [0, 0.1) is 0 Å². The van der Waals surface area contributed by atoms with Gasteiger partial charge in [0.25, 0.3) is 5.91 Å². The number of hydrogen-bond donors (Lipinski definition) is 3. The van der Waals surface area contributed by atoms with Gasteiger partial charge in [-0.2, -0.15) is 0 Å². The summed E-state index contributed by atoms with van der Waals surface area (Å²) in [5.74, 6) is 0.826. The number of aromatic nitrogens is 1. The van der Waals surface area contributed by atoms with E-state index in [1.807, 2.05) is 55.6 Å². The normalized spacial score (nSPS) is 12.8. The molecule has 0 saturated heterocycles. The number of carbonyl (C=O) groups excluding carboxylic acids is 1. The van der Waals surface area contributed by atoms with Crippen LogP contribution in [0.15, 0.2) is 60.7 Å². The summed E-state index contributed by atoms with van der Waals surface area (Å²) in [6.45, 7) is 7.47. The standard InChI is InChI=1S/C27H34N6O/c1-19(2)33-26-24(17-30-33)23(27(34)32(3)18-20-8-5-4-6-9-20)15-25(31-26)22-11-7-10-21(14-22)16-29-13-12-28/h4-11,14-15,19,29-30H,12-13,16-18,28H2,1-3H3. The Balaban J connectivity index is 1.70. The van der Waals surface area contributed by atoms with Crippen LogP contribution >= 0.6 is 0 Å². The van der Waals surface area contributed by atoms with Crippen molar-refractivity contribution in [2.24, 2.45) is 5.73 Å². The summed E-state index contributed by atoms with van der Waals surface area (Å²) in [5.41, 5.74) is 14.7. The lowest BCUT2D eigenvalue weighted by Gasteiger charge is -2.24. The zero-order valence-electron chi connectivity index (χ0n) is 20.2. The molecule has 0 radical (unpaired) electrons. The van der Waals surface area contributed by atoms with Crippen LogP contribution in [0.5, 0.6) is 0 Å². The van der Waals surface area contributed by atoms with Gasteiger partial charge in [-0.05, 0) is 37.1 Å². The van der Waals surface area contributed by atoms with Gasteiger partial charge < -0.3 is 16.0 Å². The number of nitrogens with one attached hydrogen (secondary N) is 2. The summed E-state index contributed by atoms with van der Waals surface area (Å²) in [6, 6.07) is 20.5. The van der Waals surface area contributed by atoms with E-state index in [9.17, 15) is 4.79 Å². The quantitative estimate of drug-likeness (QED) is 0.427. The number of nitrogens with two attached hydrogens (primary N) is 1. The third-order valence-corrected chi connectivity index (χ3v) is 5.99. The molecule has 0 bridgehead atoms. The van der Waals surface area contributed by atoms with Crippen molar-refractivity contribution in [1.82, 2.24) is 20.6 Å². The van der Waals surface area contributed by atoms with Crippen LogP contribution in [0.1, 0.15) is 40.9 Å². The molecule has 2 heterocycles. The van der Waals surface area contributed by atoms with Gasteiger partial charge >= 0.3 is 0 Å². The molecule has 7 nitrogen and oxygen atoms in total. The van der Waals surface area contributed by atoms with Crippen LogP contribution in [0.4, 0.5) is 5.82 Å². The van der Waals surface area contributed by atoms with E-state index in [2.05, 4.69) is 41.7 Å². The number of rotatable bonds is 9. The first kappa shape index (κ1) is 23.9. The van der Waals surface area contributed by atoms with Gasteiger partial charge in [-0.3, -0.25) is 9.80 Å². The molecule has 0 aliphatic carbocycles. The highest BCUT2D eigenvalue weighted by atomic mass is 16.2. The van der Waals surface area contributed by atoms with Crippen LogP contribution in [0.2, 0.25) is 0 Å². The monoisotopic (exact) mass is 458 g/mol. The molecule has 4 N–H and O–H groups in total. The second kappa shape index (κ2) is 10.8. The Morgan fingerprint density at radius 2 is 1.91 bits per heavy atom. The van der Waals surface area contributed by atoms with Gasteiger partial charge in [0.1, 0.15) is 5.82 Å². The first-order valence-electron chi connectivity index (χ1n) is 11.8. The molecular weight excluding hydrogens is 424 g/mol. The Morgan fingerprint density at radius 1 is 1.15 bits per heavy atom. The zero-order chi connectivity index (χ0) is 24.1. The largest absolute Gasteiger partial charge is 0.337 e. The van der Waals surface area contributed by atoms with E-state index in [4.69, 9.17) is 10.7 Å². The van der Waals surface area contributed by atoms with Crippen LogP contribution < -0.4 is 21.5 Å². The van der Waals surface area contributed by atoms with Crippen LogP contribution in [-0.2, 0) is 19.6 Å². The summed E-state index contributed by atoms with van der Waals surface area (Å²) in [4.78, 5) is 20.4. The van der Waals surface area contributed by atoms with Crippen molar-refractivity contribution in [3.05, 3.63) is 82.9 Å². The molecule has 3 aromatic rings. The number of nitrogens with zero attached hydrogens (tertiary/aromatic N) is 3. The number of fused-ring (bicyclic) bond motifs is 1. The van der Waals surface area contributed by atoms with Crippen molar-refractivity contribution in [2.75, 3.05) is 25.1 Å². The molecule has 7 heteroatoms. The number of hydrogen-bond acceptors (Lipinski definition) is 6. The summed E-state index contributed by atoms with van der Waals surface area (Å²) in [6.07, 6.45) is 0. The van der Waals surface area contributed by atoms with Gasteiger partial charge in [-0.25, -0.2) is 10.4 Å². The van der Waals surface area contributed by atoms with Crippen molar-refractivity contribution in [1.29, 1.82) is 0 Å². The first-order chi connectivity index (χ1) is 16.5. The van der Waals surface area contributed by atoms with Gasteiger partial charge in [0, 0.05) is 62.5 Å². The number of amides is 1. The molecule has 178 valence electrons. The number of pyridine rings is 1. The minimum atomic E-state index is -0.00285. The highest BCUT2D eigenvalue weighted by Gasteiger charge is 2.29. The van der Waals surface area contributed by atoms with Gasteiger partial charge in [-0.15, -0.1) is 0 Å². The third-order valence-electron chi connectivity index (χ3n) is 5.99. The van der Waals surface area contributed by atoms with Crippen molar-refractivity contribution in [3.8, 4) is 11.3 Å². The molecule has 0 saturated carbocycles. The molecule has 1 aromatic heterocycles. The lowest BCUT2D eigenvalue weighted by molar-refractivity contribution is 0.0784. The highest BCUT2D eigenvalue weighted by molar-refractivity contribution is 5.98. The minimum Gasteiger partial charge on any atom is -0.337 e. The maximum atomic E-state index is 13.6. The minimum absolute atomic E-state index is 0.00285. The fourth-order valence-electron chi connectivity index (χ4n) is 4.25. The molecule has 0 atom stereocenters. The summed E-state index contributed by atoms with van der Waals surface area (Å²) in [7, 11) is 1.86. The van der Waals surface area contributed by atoms with Crippen molar-refractivity contribution in [3.63, 3.8) is 0 Å². The van der Waals surface area contributed by atoms with E-state index in [1.54, 1.807) is 4.90 Å². The Hall–Kier alpha value is -3.26. The Labute approximate surface area is 201 Å². The topological polar surface area (TPSA) is 86.5 Å². The molecule has 2 aromatic carbocycles. The van der Waals surface area contributed by atoms with Gasteiger partial charge in [-0.1, -0.05) is 48.5 Å². The predicted octanol–water partition coefficient (Wildman–Crippen LogP) is 3.30. The fraction of sp³-hybridized carbons (Fsp3) is 0.333. The number of anilines is 1. The van der Waals surface area contributed by atoms with Crippen LogP contribution in [0.25, 0.3) is 11.3 Å². The van der Waals surface area contributed by atoms with Crippen LogP contribution in [-0.4, -0.2) is 42.0 Å². The number of benzene rings is 2. The fourth-order valence-corrected chi connectivity index (χ4v) is 4.25. The molecule has 34 heavy (non-hydrogen) atoms. The smallest absolute Gasteiger partial charge is 0.254 e. The first-order valence-corrected chi connectivity index (χ1v) is 11.8. The number of hydrazine groups is 1. The lowest BCUT2D eigenvalue weighted by atomic mass is 10.0. The molecule has 0 fully saturated rings. The van der Waals surface area contributed by atoms with E-state index in [1.165, 1.54) is 0 Å². The van der Waals surface area contributed by atoms with E-state index in [0.29, 0.717) is 25.2 Å². The highest BCUT2D eigenvalue weighted by Crippen LogP contribution is 2.33. The van der Waals surface area contributed by atoms with Crippen molar-refractivity contribution < 1.29 is 4.79 Å². The average Bonchev–Trinajstić information content (AvgIpc) is 3.28. The van der Waals surface area contributed by atoms with E-state index >= 15 is 0 Å². The molecule has 1 amide bonds. The van der Waals surface area contributed by atoms with Crippen molar-refractivity contribution >= 4 is 11.7 Å². The summed E-state index contributed by atoms with van der Waals surface area (Å²) in [5, 5.41) is 5.39.